The van der Waals surface area contributed by atoms with Gasteiger partial charge in [0.05, 0.1) is 34.1 Å². The van der Waals surface area contributed by atoms with Crippen molar-refractivity contribution in [3.8, 4) is 28.5 Å². The first-order chi connectivity index (χ1) is 26.6. The van der Waals surface area contributed by atoms with Crippen LogP contribution in [0.4, 0.5) is 0 Å². The van der Waals surface area contributed by atoms with Crippen LogP contribution in [0.3, 0.4) is 0 Å². The lowest BCUT2D eigenvalue weighted by Crippen LogP contribution is -2.25. The predicted molar refractivity (Wildman–Crippen MR) is 204 cm³/mol. The molecule has 6 rings (SSSR count). The summed E-state index contributed by atoms with van der Waals surface area (Å²) in [5.74, 6) is -2.80. The van der Waals surface area contributed by atoms with E-state index >= 15 is 0 Å². The number of ether oxygens (including phenoxy) is 5. The number of nitrogens with zero attached hydrogens (tertiary/aromatic N) is 2. The van der Waals surface area contributed by atoms with Gasteiger partial charge in [-0.15, -0.1) is 0 Å². The van der Waals surface area contributed by atoms with Crippen LogP contribution >= 0.6 is 0 Å². The molecule has 0 bridgehead atoms. The largest absolute Gasteiger partial charge is 0.496 e. The van der Waals surface area contributed by atoms with Crippen LogP contribution in [-0.2, 0) is 32.0 Å². The minimum Gasteiger partial charge on any atom is -0.496 e. The van der Waals surface area contributed by atoms with Crippen molar-refractivity contribution < 1.29 is 53.1 Å². The van der Waals surface area contributed by atoms with E-state index in [1.807, 2.05) is 48.5 Å². The Balaban J connectivity index is 0.000000895. The quantitative estimate of drug-likeness (QED) is 0.104. The van der Waals surface area contributed by atoms with E-state index in [2.05, 4.69) is 33.7 Å². The van der Waals surface area contributed by atoms with Crippen LogP contribution in [0.5, 0.6) is 17.2 Å². The van der Waals surface area contributed by atoms with E-state index in [1.54, 1.807) is 26.4 Å². The molecular weight excluding hydrogens is 708 g/mol. The SMILES string of the molecule is COC(=O)c1ccc(Cc2c(-c3ccc(OCCN4CCCC4)cc3)n(Cc3ccc(C(=O)OC)c(OC)c3)c3ccccc23)cc1OC.O=C(O)C(=O)O. The van der Waals surface area contributed by atoms with Gasteiger partial charge in [0.15, 0.2) is 0 Å². The molecule has 4 aromatic carbocycles. The molecule has 5 aromatic rings. The Kier molecular flexibility index (Phi) is 13.5. The topological polar surface area (TPSA) is 163 Å². The summed E-state index contributed by atoms with van der Waals surface area (Å²) in [5.41, 5.74) is 6.98. The van der Waals surface area contributed by atoms with Crippen LogP contribution in [0.1, 0.15) is 50.2 Å². The Morgan fingerprint density at radius 2 is 1.25 bits per heavy atom. The summed E-state index contributed by atoms with van der Waals surface area (Å²) in [6, 6.07) is 27.8. The van der Waals surface area contributed by atoms with Crippen LogP contribution in [-0.4, -0.2) is 98.2 Å². The van der Waals surface area contributed by atoms with Crippen molar-refractivity contribution in [2.75, 3.05) is 54.7 Å². The molecule has 0 spiro atoms. The van der Waals surface area contributed by atoms with Gasteiger partial charge in [-0.1, -0.05) is 30.3 Å². The van der Waals surface area contributed by atoms with Gasteiger partial charge in [0.25, 0.3) is 0 Å². The van der Waals surface area contributed by atoms with Gasteiger partial charge >= 0.3 is 23.9 Å². The maximum absolute atomic E-state index is 12.4. The summed E-state index contributed by atoms with van der Waals surface area (Å²) >= 11 is 0. The molecule has 0 saturated carbocycles. The third-order valence-corrected chi connectivity index (χ3v) is 9.33. The van der Waals surface area contributed by atoms with Crippen LogP contribution < -0.4 is 14.2 Å². The highest BCUT2D eigenvalue weighted by Crippen LogP contribution is 2.38. The molecule has 1 fully saturated rings. The van der Waals surface area contributed by atoms with Crippen molar-refractivity contribution in [3.63, 3.8) is 0 Å². The van der Waals surface area contributed by atoms with Crippen molar-refractivity contribution >= 4 is 34.8 Å². The first-order valence-electron chi connectivity index (χ1n) is 17.6. The Morgan fingerprint density at radius 3 is 1.82 bits per heavy atom. The first-order valence-corrected chi connectivity index (χ1v) is 17.6. The average molecular weight is 753 g/mol. The highest BCUT2D eigenvalue weighted by Gasteiger charge is 2.22. The van der Waals surface area contributed by atoms with Crippen molar-refractivity contribution in [1.29, 1.82) is 0 Å². The number of rotatable bonds is 13. The zero-order valence-corrected chi connectivity index (χ0v) is 31.2. The number of hydrogen-bond acceptors (Lipinski definition) is 10. The van der Waals surface area contributed by atoms with Gasteiger partial charge in [-0.25, -0.2) is 19.2 Å². The highest BCUT2D eigenvalue weighted by molar-refractivity contribution is 6.27. The fourth-order valence-electron chi connectivity index (χ4n) is 6.68. The van der Waals surface area contributed by atoms with Gasteiger partial charge in [0, 0.05) is 30.4 Å². The van der Waals surface area contributed by atoms with E-state index in [0.29, 0.717) is 42.2 Å². The monoisotopic (exact) mass is 752 g/mol. The average Bonchev–Trinajstić information content (AvgIpc) is 3.84. The number of hydrogen-bond donors (Lipinski definition) is 2. The number of esters is 2. The molecule has 0 aliphatic carbocycles. The van der Waals surface area contributed by atoms with E-state index in [1.165, 1.54) is 27.1 Å². The zero-order valence-electron chi connectivity index (χ0n) is 31.2. The van der Waals surface area contributed by atoms with Crippen LogP contribution in [0, 0.1) is 0 Å². The number of para-hydroxylation sites is 1. The standard InChI is InChI=1S/C40H42N2O7.C2H2O4/c1-45-36-24-27(11-17-32(36)39(43)47-3)23-34-31-9-5-6-10-35(31)42(26-28-12-18-33(40(44)48-4)37(25-28)46-2)38(34)29-13-15-30(16-14-29)49-22-21-41-19-7-8-20-41;3-1(4)2(5)6/h5-6,9-18,24-25H,7-8,19-23,26H2,1-4H3;(H,3,4)(H,5,6). The second-order valence-electron chi connectivity index (χ2n) is 12.7. The van der Waals surface area contributed by atoms with Crippen molar-refractivity contribution in [2.45, 2.75) is 25.8 Å². The highest BCUT2D eigenvalue weighted by atomic mass is 16.5. The second kappa shape index (κ2) is 18.6. The van der Waals surface area contributed by atoms with Gasteiger partial charge in [0.2, 0.25) is 0 Å². The number of benzene rings is 4. The molecule has 0 amide bonds. The number of carboxylic acids is 2. The molecule has 1 aromatic heterocycles. The summed E-state index contributed by atoms with van der Waals surface area (Å²) in [7, 11) is 5.82. The van der Waals surface area contributed by atoms with Gasteiger partial charge in [-0.2, -0.15) is 0 Å². The van der Waals surface area contributed by atoms with E-state index in [4.69, 9.17) is 43.5 Å². The molecular formula is C42H44N2O11. The number of fused-ring (bicyclic) bond motifs is 1. The summed E-state index contributed by atoms with van der Waals surface area (Å²) in [6.45, 7) is 4.38. The van der Waals surface area contributed by atoms with Crippen LogP contribution in [0.25, 0.3) is 22.2 Å². The van der Waals surface area contributed by atoms with Crippen LogP contribution in [0.15, 0.2) is 84.9 Å². The number of aromatic nitrogens is 1. The Labute approximate surface area is 318 Å². The Hall–Kier alpha value is -6.34. The van der Waals surface area contributed by atoms with E-state index in [0.717, 1.165) is 64.2 Å². The smallest absolute Gasteiger partial charge is 0.414 e. The first kappa shape index (κ1) is 39.9. The molecule has 1 saturated heterocycles. The normalized spacial score (nSPS) is 12.4. The number of carbonyl (C=O) groups is 4. The molecule has 55 heavy (non-hydrogen) atoms. The molecule has 13 heteroatoms. The van der Waals surface area contributed by atoms with Gasteiger partial charge in [-0.3, -0.25) is 4.90 Å². The number of likely N-dealkylation sites (tertiary alicyclic amines) is 1. The number of aliphatic carboxylic acids is 2. The number of carboxylic acid groups (broad SMARTS) is 2. The molecule has 288 valence electrons. The molecule has 13 nitrogen and oxygen atoms in total. The lowest BCUT2D eigenvalue weighted by molar-refractivity contribution is -0.159. The van der Waals surface area contributed by atoms with Gasteiger partial charge < -0.3 is 38.5 Å². The van der Waals surface area contributed by atoms with Gasteiger partial charge in [-0.05, 0) is 103 Å². The number of methoxy groups -OCH3 is 4. The fourth-order valence-corrected chi connectivity index (χ4v) is 6.68. The molecule has 0 unspecified atom stereocenters. The van der Waals surface area contributed by atoms with Crippen molar-refractivity contribution in [3.05, 3.63) is 113 Å². The molecule has 1 aliphatic heterocycles. The summed E-state index contributed by atoms with van der Waals surface area (Å²) in [6.07, 6.45) is 3.10. The molecule has 2 N–H and O–H groups in total. The summed E-state index contributed by atoms with van der Waals surface area (Å²) < 4.78 is 29.6. The van der Waals surface area contributed by atoms with Crippen molar-refractivity contribution in [1.82, 2.24) is 9.47 Å². The minimum atomic E-state index is -1.82. The summed E-state index contributed by atoms with van der Waals surface area (Å²) in [5, 5.41) is 15.9. The molecule has 0 radical (unpaired) electrons. The zero-order chi connectivity index (χ0) is 39.5. The molecule has 0 atom stereocenters. The predicted octanol–water partition coefficient (Wildman–Crippen LogP) is 6.17. The number of carbonyl (C=O) groups excluding carboxylic acids is 2. The minimum absolute atomic E-state index is 0.372. The van der Waals surface area contributed by atoms with Crippen LogP contribution in [0.2, 0.25) is 0 Å². The fraction of sp³-hybridized carbons (Fsp3) is 0.286. The maximum Gasteiger partial charge on any atom is 0.414 e. The molecule has 2 heterocycles. The van der Waals surface area contributed by atoms with E-state index in [9.17, 15) is 9.59 Å². The third kappa shape index (κ3) is 9.61. The maximum atomic E-state index is 12.4. The summed E-state index contributed by atoms with van der Waals surface area (Å²) in [4.78, 5) is 45.4. The third-order valence-electron chi connectivity index (χ3n) is 9.33. The van der Waals surface area contributed by atoms with Crippen molar-refractivity contribution in [2.24, 2.45) is 0 Å². The Morgan fingerprint density at radius 1 is 0.691 bits per heavy atom. The second-order valence-corrected chi connectivity index (χ2v) is 12.7. The van der Waals surface area contributed by atoms with E-state index in [-0.39, 0.29) is 0 Å². The van der Waals surface area contributed by atoms with E-state index < -0.39 is 23.9 Å². The lowest BCUT2D eigenvalue weighted by Gasteiger charge is -2.17. The molecule has 1 aliphatic rings. The lowest BCUT2D eigenvalue weighted by atomic mass is 9.97. The Bertz CT molecular complexity index is 2030. The van der Waals surface area contributed by atoms with Gasteiger partial charge in [0.1, 0.15) is 35.0 Å².